The van der Waals surface area contributed by atoms with Gasteiger partial charge in [-0.25, -0.2) is 0 Å². The highest BCUT2D eigenvalue weighted by molar-refractivity contribution is 7.84. The fourth-order valence-electron chi connectivity index (χ4n) is 4.07. The van der Waals surface area contributed by atoms with Gasteiger partial charge in [0.15, 0.2) is 0 Å². The molecular formula is C16H31NO2S. The number of ether oxygens (including phenoxy) is 1. The molecule has 20 heavy (non-hydrogen) atoms. The van der Waals surface area contributed by atoms with Gasteiger partial charge in [-0.2, -0.15) is 0 Å². The Hall–Kier alpha value is 0.0700. The molecular weight excluding hydrogens is 270 g/mol. The molecule has 2 saturated carbocycles. The normalized spacial score (nSPS) is 31.8. The van der Waals surface area contributed by atoms with Crippen molar-refractivity contribution in [3.05, 3.63) is 0 Å². The first-order valence-electron chi connectivity index (χ1n) is 8.26. The van der Waals surface area contributed by atoms with E-state index in [4.69, 9.17) is 4.74 Å². The SMILES string of the molecule is CCOC1CC(NC(C)CCS(C)=O)C12CCCCC2. The van der Waals surface area contributed by atoms with Gasteiger partial charge in [0.05, 0.1) is 6.10 Å². The zero-order valence-corrected chi connectivity index (χ0v) is 14.1. The predicted octanol–water partition coefficient (Wildman–Crippen LogP) is 2.86. The molecule has 0 amide bonds. The standard InChI is InChI=1S/C16H31NO2S/c1-4-19-15-12-14(16(15)9-6-5-7-10-16)17-13(2)8-11-20(3)18/h13-15,17H,4-12H2,1-3H3. The molecule has 0 aromatic heterocycles. The van der Waals surface area contributed by atoms with Crippen LogP contribution in [-0.2, 0) is 15.5 Å². The van der Waals surface area contributed by atoms with Gasteiger partial charge in [0.2, 0.25) is 0 Å². The minimum absolute atomic E-state index is 0.397. The zero-order valence-electron chi connectivity index (χ0n) is 13.3. The lowest BCUT2D eigenvalue weighted by molar-refractivity contribution is -0.151. The summed E-state index contributed by atoms with van der Waals surface area (Å²) < 4.78 is 17.2. The van der Waals surface area contributed by atoms with Gasteiger partial charge in [-0.05, 0) is 39.5 Å². The molecule has 0 bridgehead atoms. The van der Waals surface area contributed by atoms with Crippen molar-refractivity contribution in [3.63, 3.8) is 0 Å². The van der Waals surface area contributed by atoms with Crippen molar-refractivity contribution in [2.45, 2.75) is 77.0 Å². The van der Waals surface area contributed by atoms with E-state index < -0.39 is 10.8 Å². The molecule has 118 valence electrons. The Morgan fingerprint density at radius 2 is 2.05 bits per heavy atom. The molecule has 1 spiro atoms. The van der Waals surface area contributed by atoms with E-state index >= 15 is 0 Å². The smallest absolute Gasteiger partial charge is 0.0661 e. The molecule has 2 rings (SSSR count). The van der Waals surface area contributed by atoms with Crippen LogP contribution in [0.5, 0.6) is 0 Å². The van der Waals surface area contributed by atoms with Crippen LogP contribution >= 0.6 is 0 Å². The van der Waals surface area contributed by atoms with Crippen molar-refractivity contribution in [1.29, 1.82) is 0 Å². The van der Waals surface area contributed by atoms with E-state index in [1.54, 1.807) is 6.26 Å². The van der Waals surface area contributed by atoms with Crippen LogP contribution in [-0.4, -0.2) is 41.0 Å². The Morgan fingerprint density at radius 3 is 2.65 bits per heavy atom. The minimum Gasteiger partial charge on any atom is -0.378 e. The fraction of sp³-hybridized carbons (Fsp3) is 1.00. The summed E-state index contributed by atoms with van der Waals surface area (Å²) in [5.74, 6) is 0.808. The maximum absolute atomic E-state index is 11.2. The van der Waals surface area contributed by atoms with E-state index in [1.807, 2.05) is 0 Å². The first-order chi connectivity index (χ1) is 9.58. The lowest BCUT2D eigenvalue weighted by Crippen LogP contribution is -2.65. The van der Waals surface area contributed by atoms with Crippen LogP contribution in [0, 0.1) is 5.41 Å². The first kappa shape index (κ1) is 16.4. The highest BCUT2D eigenvalue weighted by Crippen LogP contribution is 2.53. The van der Waals surface area contributed by atoms with Gasteiger partial charge in [0, 0.05) is 46.9 Å². The average Bonchev–Trinajstić information content (AvgIpc) is 2.45. The van der Waals surface area contributed by atoms with Crippen molar-refractivity contribution in [2.24, 2.45) is 5.41 Å². The minimum atomic E-state index is -0.673. The van der Waals surface area contributed by atoms with Crippen LogP contribution in [0.3, 0.4) is 0 Å². The van der Waals surface area contributed by atoms with Crippen molar-refractivity contribution >= 4 is 10.8 Å². The number of hydrogen-bond acceptors (Lipinski definition) is 3. The molecule has 0 aromatic carbocycles. The molecule has 4 heteroatoms. The van der Waals surface area contributed by atoms with Gasteiger partial charge < -0.3 is 10.1 Å². The predicted molar refractivity (Wildman–Crippen MR) is 85.5 cm³/mol. The van der Waals surface area contributed by atoms with Crippen LogP contribution in [0.4, 0.5) is 0 Å². The number of rotatable bonds is 7. The van der Waals surface area contributed by atoms with E-state index in [0.29, 0.717) is 23.6 Å². The largest absolute Gasteiger partial charge is 0.378 e. The van der Waals surface area contributed by atoms with E-state index in [0.717, 1.165) is 25.2 Å². The molecule has 0 saturated heterocycles. The fourth-order valence-corrected chi connectivity index (χ4v) is 4.75. The molecule has 0 aromatic rings. The van der Waals surface area contributed by atoms with Gasteiger partial charge in [-0.15, -0.1) is 0 Å². The third kappa shape index (κ3) is 3.63. The molecule has 2 fully saturated rings. The van der Waals surface area contributed by atoms with Crippen LogP contribution in [0.1, 0.15) is 58.8 Å². The Balaban J connectivity index is 1.89. The van der Waals surface area contributed by atoms with Crippen molar-refractivity contribution in [2.75, 3.05) is 18.6 Å². The van der Waals surface area contributed by atoms with Crippen molar-refractivity contribution in [1.82, 2.24) is 5.32 Å². The van der Waals surface area contributed by atoms with E-state index in [9.17, 15) is 4.21 Å². The van der Waals surface area contributed by atoms with Crippen molar-refractivity contribution < 1.29 is 8.95 Å². The summed E-state index contributed by atoms with van der Waals surface area (Å²) in [7, 11) is -0.673. The Bertz CT molecular complexity index is 328. The second kappa shape index (κ2) is 7.37. The zero-order chi connectivity index (χ0) is 14.6. The average molecular weight is 301 g/mol. The highest BCUT2D eigenvalue weighted by Gasteiger charge is 2.55. The Labute approximate surface area is 126 Å². The Morgan fingerprint density at radius 1 is 1.35 bits per heavy atom. The second-order valence-corrected chi connectivity index (χ2v) is 8.21. The maximum Gasteiger partial charge on any atom is 0.0661 e. The van der Waals surface area contributed by atoms with Gasteiger partial charge in [0.25, 0.3) is 0 Å². The molecule has 4 atom stereocenters. The van der Waals surface area contributed by atoms with Crippen LogP contribution < -0.4 is 5.32 Å². The van der Waals surface area contributed by atoms with Crippen LogP contribution in [0.2, 0.25) is 0 Å². The quantitative estimate of drug-likeness (QED) is 0.786. The molecule has 0 radical (unpaired) electrons. The lowest BCUT2D eigenvalue weighted by Gasteiger charge is -2.58. The summed E-state index contributed by atoms with van der Waals surface area (Å²) in [6, 6.07) is 1.07. The van der Waals surface area contributed by atoms with Crippen LogP contribution in [0.15, 0.2) is 0 Å². The summed E-state index contributed by atoms with van der Waals surface area (Å²) in [4.78, 5) is 0. The molecule has 1 N–H and O–H groups in total. The van der Waals surface area contributed by atoms with Gasteiger partial charge >= 0.3 is 0 Å². The summed E-state index contributed by atoms with van der Waals surface area (Å²) >= 11 is 0. The van der Waals surface area contributed by atoms with E-state index in [2.05, 4.69) is 19.2 Å². The molecule has 2 aliphatic rings. The third-order valence-corrected chi connectivity index (χ3v) is 6.07. The summed E-state index contributed by atoms with van der Waals surface area (Å²) in [5, 5.41) is 3.81. The van der Waals surface area contributed by atoms with Crippen LogP contribution in [0.25, 0.3) is 0 Å². The lowest BCUT2D eigenvalue weighted by atomic mass is 9.55. The van der Waals surface area contributed by atoms with E-state index in [-0.39, 0.29) is 0 Å². The maximum atomic E-state index is 11.2. The monoisotopic (exact) mass is 301 g/mol. The summed E-state index contributed by atoms with van der Waals surface area (Å²) in [6.45, 7) is 5.18. The van der Waals surface area contributed by atoms with E-state index in [1.165, 1.54) is 32.1 Å². The van der Waals surface area contributed by atoms with Gasteiger partial charge in [-0.3, -0.25) is 4.21 Å². The first-order valence-corrected chi connectivity index (χ1v) is 9.99. The highest BCUT2D eigenvalue weighted by atomic mass is 32.2. The molecule has 0 heterocycles. The third-order valence-electron chi connectivity index (χ3n) is 5.26. The molecule has 0 aliphatic heterocycles. The summed E-state index contributed by atoms with van der Waals surface area (Å²) in [5.41, 5.74) is 0.397. The number of hydrogen-bond donors (Lipinski definition) is 1. The topological polar surface area (TPSA) is 38.3 Å². The van der Waals surface area contributed by atoms with Gasteiger partial charge in [0.1, 0.15) is 0 Å². The Kier molecular flexibility index (Phi) is 6.06. The van der Waals surface area contributed by atoms with Gasteiger partial charge in [-0.1, -0.05) is 19.3 Å². The van der Waals surface area contributed by atoms with Crippen molar-refractivity contribution in [3.8, 4) is 0 Å². The number of nitrogens with one attached hydrogen (secondary N) is 1. The molecule has 4 unspecified atom stereocenters. The second-order valence-electron chi connectivity index (χ2n) is 6.66. The molecule has 3 nitrogen and oxygen atoms in total. The summed E-state index contributed by atoms with van der Waals surface area (Å²) in [6.07, 6.45) is 11.2. The molecule has 2 aliphatic carbocycles.